The average molecular weight is 1200 g/mol. The molecule has 0 amide bonds. The first-order chi connectivity index (χ1) is 42.2. The van der Waals surface area contributed by atoms with Crippen LogP contribution in [0.2, 0.25) is 0 Å². The lowest BCUT2D eigenvalue weighted by Gasteiger charge is -2.07. The van der Waals surface area contributed by atoms with Gasteiger partial charge in [-0.3, -0.25) is 9.59 Å². The topological polar surface area (TPSA) is 34.1 Å². The van der Waals surface area contributed by atoms with Gasteiger partial charge in [0.15, 0.2) is 10.9 Å². The largest absolute Gasteiger partial charge is 0.289 e. The van der Waals surface area contributed by atoms with E-state index in [2.05, 4.69) is 149 Å². The standard InChI is InChI=1S/C40H38O2S2.C40H42S2/c1-3-5-7-9-11-25-13-17-27(18-14-25)35-23-33-37(41)29-22-32-30(21-31(29)39(33)43-35)38(42)34-24-36(44-40(32)34)28-19-15-26(16-20-28)12-10-8-6-4-2;1-3-5-7-9-11-27-13-17-29(18-14-27)37-25-33-21-31-24-36-32(23-35(31)39(33)41-37)22-34-26-38(42-40(34)36)30-19-15-28(16-20-30)12-10-8-6-4-2/h13-24H,3-12H2,1-2H3;13-20,23-26H,3-12,21-22H2,1-2H3. The van der Waals surface area contributed by atoms with E-state index in [1.807, 2.05) is 46.9 Å². The summed E-state index contributed by atoms with van der Waals surface area (Å²) in [5.74, 6) is 0. The summed E-state index contributed by atoms with van der Waals surface area (Å²) in [7, 11) is 0. The first-order valence-corrected chi connectivity index (χ1v) is 35.9. The van der Waals surface area contributed by atoms with E-state index in [4.69, 9.17) is 0 Å². The van der Waals surface area contributed by atoms with Crippen molar-refractivity contribution in [3.63, 3.8) is 0 Å². The van der Waals surface area contributed by atoms with E-state index in [-0.39, 0.29) is 10.9 Å². The maximum atomic E-state index is 13.6. The van der Waals surface area contributed by atoms with Crippen LogP contribution in [0, 0.1) is 0 Å². The monoisotopic (exact) mass is 1200 g/mol. The molecule has 0 unspecified atom stereocenters. The van der Waals surface area contributed by atoms with Gasteiger partial charge in [-0.1, -0.05) is 202 Å². The van der Waals surface area contributed by atoms with E-state index in [0.717, 1.165) is 88.3 Å². The smallest absolute Gasteiger partial charge is 0.195 e. The van der Waals surface area contributed by atoms with Gasteiger partial charge in [-0.2, -0.15) is 0 Å². The molecule has 0 aliphatic heterocycles. The Morgan fingerprint density at radius 3 is 0.895 bits per heavy atom. The fourth-order valence-corrected chi connectivity index (χ4v) is 18.3. The number of fused-ring (bicyclic) bond motifs is 12. The number of rotatable bonds is 24. The molecule has 0 bridgehead atoms. The molecule has 14 rings (SSSR count). The van der Waals surface area contributed by atoms with Crippen LogP contribution >= 0.6 is 45.3 Å². The van der Waals surface area contributed by atoms with Gasteiger partial charge >= 0.3 is 0 Å². The second-order valence-electron chi connectivity index (χ2n) is 24.8. The van der Waals surface area contributed by atoms with Crippen molar-refractivity contribution in [1.29, 1.82) is 0 Å². The lowest BCUT2D eigenvalue weighted by molar-refractivity contribution is 0.667. The highest BCUT2D eigenvalue weighted by Gasteiger charge is 2.29. The van der Waals surface area contributed by atoms with Gasteiger partial charge < -0.3 is 0 Å². The van der Waals surface area contributed by atoms with E-state index < -0.39 is 0 Å². The Bertz CT molecular complexity index is 4130. The fraction of sp³-hybridized carbons (Fsp3) is 0.325. The van der Waals surface area contributed by atoms with Gasteiger partial charge in [0.1, 0.15) is 0 Å². The normalized spacial score (nSPS) is 12.4. The lowest BCUT2D eigenvalue weighted by atomic mass is 10.0. The Labute approximate surface area is 525 Å². The summed E-state index contributed by atoms with van der Waals surface area (Å²) in [6, 6.07) is 54.4. The van der Waals surface area contributed by atoms with E-state index >= 15 is 0 Å². The summed E-state index contributed by atoms with van der Waals surface area (Å²) < 4.78 is 1.98. The summed E-state index contributed by atoms with van der Waals surface area (Å²) in [6.07, 6.45) is 27.5. The van der Waals surface area contributed by atoms with Crippen molar-refractivity contribution in [2.75, 3.05) is 0 Å². The Hall–Kier alpha value is -6.54. The second kappa shape index (κ2) is 26.4. The third kappa shape index (κ3) is 12.1. The number of unbranched alkanes of at least 4 members (excludes halogenated alkanes) is 12. The minimum Gasteiger partial charge on any atom is -0.289 e. The molecule has 436 valence electrons. The number of hydrogen-bond donors (Lipinski definition) is 0. The molecule has 0 N–H and O–H groups in total. The van der Waals surface area contributed by atoms with Crippen molar-refractivity contribution >= 4 is 87.1 Å². The van der Waals surface area contributed by atoms with Crippen LogP contribution < -0.4 is 10.9 Å². The van der Waals surface area contributed by atoms with Crippen LogP contribution in [-0.2, 0) is 38.5 Å². The predicted molar refractivity (Wildman–Crippen MR) is 379 cm³/mol. The summed E-state index contributed by atoms with van der Waals surface area (Å²) in [5, 5.41) is 4.80. The molecular formula is C80H80O2S4. The van der Waals surface area contributed by atoms with E-state index in [1.165, 1.54) is 202 Å². The quantitative estimate of drug-likeness (QED) is 0.0565. The molecular weight excluding hydrogens is 1120 g/mol. The highest BCUT2D eigenvalue weighted by Crippen LogP contribution is 2.52. The van der Waals surface area contributed by atoms with Gasteiger partial charge in [-0.05, 0) is 191 Å². The fourth-order valence-electron chi connectivity index (χ4n) is 13.5. The second-order valence-corrected chi connectivity index (χ2v) is 29.0. The molecule has 0 spiro atoms. The van der Waals surface area contributed by atoms with E-state index in [0.29, 0.717) is 0 Å². The first-order valence-electron chi connectivity index (χ1n) is 32.6. The Morgan fingerprint density at radius 1 is 0.291 bits per heavy atom. The van der Waals surface area contributed by atoms with Gasteiger partial charge in [0.05, 0.1) is 0 Å². The van der Waals surface area contributed by atoms with Gasteiger partial charge in [0.25, 0.3) is 0 Å². The zero-order valence-corrected chi connectivity index (χ0v) is 54.1. The summed E-state index contributed by atoms with van der Waals surface area (Å²) in [4.78, 5) is 35.3. The summed E-state index contributed by atoms with van der Waals surface area (Å²) in [5.41, 5.74) is 19.9. The molecule has 2 nitrogen and oxygen atoms in total. The Kier molecular flexibility index (Phi) is 18.0. The van der Waals surface area contributed by atoms with Crippen molar-refractivity contribution in [1.82, 2.24) is 0 Å². The van der Waals surface area contributed by atoms with Crippen LogP contribution in [0.25, 0.3) is 104 Å². The SMILES string of the molecule is CCCCCCc1ccc(-c2cc3c(=O)c4cc5c(cc4c3s2)c(=O)c2cc(-c3ccc(CCCCCC)cc3)sc25)cc1.CCCCCCc1ccc(-c2cc3c(s2)-c2cc4c(cc2C3)-c2sc(-c3ccc(CCCCCC)cc3)cc2C4)cc1. The number of thiophene rings is 4. The highest BCUT2D eigenvalue weighted by atomic mass is 32.1. The average Bonchev–Trinajstić information content (AvgIpc) is 1.65. The summed E-state index contributed by atoms with van der Waals surface area (Å²) >= 11 is 7.31. The molecule has 12 aromatic rings. The number of benzene rings is 6. The van der Waals surface area contributed by atoms with Crippen LogP contribution in [0.15, 0.2) is 155 Å². The zero-order chi connectivity index (χ0) is 58.7. The minimum absolute atomic E-state index is 0.0695. The van der Waals surface area contributed by atoms with E-state index in [9.17, 15) is 9.59 Å². The predicted octanol–water partition coefficient (Wildman–Crippen LogP) is 24.1. The molecule has 0 fully saturated rings. The van der Waals surface area contributed by atoms with E-state index in [1.54, 1.807) is 22.7 Å². The van der Waals surface area contributed by atoms with Crippen LogP contribution in [-0.4, -0.2) is 0 Å². The third-order valence-corrected chi connectivity index (χ3v) is 23.5. The van der Waals surface area contributed by atoms with Crippen molar-refractivity contribution < 1.29 is 0 Å². The molecule has 2 aliphatic rings. The van der Waals surface area contributed by atoms with Crippen molar-refractivity contribution in [3.8, 4) is 62.6 Å². The zero-order valence-electron chi connectivity index (χ0n) is 50.9. The summed E-state index contributed by atoms with van der Waals surface area (Å²) in [6.45, 7) is 9.05. The molecule has 4 heterocycles. The maximum absolute atomic E-state index is 13.6. The van der Waals surface area contributed by atoms with Crippen molar-refractivity contribution in [3.05, 3.63) is 211 Å². The van der Waals surface area contributed by atoms with Crippen molar-refractivity contribution in [2.45, 2.75) is 169 Å². The molecule has 86 heavy (non-hydrogen) atoms. The highest BCUT2D eigenvalue weighted by molar-refractivity contribution is 7.24. The third-order valence-electron chi connectivity index (χ3n) is 18.5. The molecule has 0 radical (unpaired) electrons. The number of hydrogen-bond acceptors (Lipinski definition) is 6. The Balaban J connectivity index is 0.000000160. The minimum atomic E-state index is 0.0695. The number of aryl methyl sites for hydroxylation is 4. The van der Waals surface area contributed by atoms with Gasteiger partial charge in [-0.25, -0.2) is 0 Å². The van der Waals surface area contributed by atoms with Crippen molar-refractivity contribution in [2.24, 2.45) is 0 Å². The Morgan fingerprint density at radius 2 is 0.593 bits per heavy atom. The molecule has 0 saturated heterocycles. The van der Waals surface area contributed by atoms with Crippen LogP contribution in [0.3, 0.4) is 0 Å². The van der Waals surface area contributed by atoms with Gasteiger partial charge in [-0.15, -0.1) is 45.3 Å². The van der Waals surface area contributed by atoms with Gasteiger partial charge in [0.2, 0.25) is 0 Å². The molecule has 8 aromatic carbocycles. The van der Waals surface area contributed by atoms with Crippen LogP contribution in [0.1, 0.15) is 175 Å². The lowest BCUT2D eigenvalue weighted by Crippen LogP contribution is -1.95. The van der Waals surface area contributed by atoms with Crippen LogP contribution in [0.5, 0.6) is 0 Å². The van der Waals surface area contributed by atoms with Gasteiger partial charge in [0, 0.05) is 71.0 Å². The van der Waals surface area contributed by atoms with Crippen LogP contribution in [0.4, 0.5) is 0 Å². The molecule has 2 aliphatic carbocycles. The molecule has 4 aromatic heterocycles. The maximum Gasteiger partial charge on any atom is 0.195 e. The molecule has 0 atom stereocenters. The molecule has 0 saturated carbocycles. The first kappa shape index (κ1) is 58.5. The molecule has 6 heteroatoms.